The molecule has 1 N–H and O–H groups in total. The van der Waals surface area contributed by atoms with Gasteiger partial charge in [-0.2, -0.15) is 4.72 Å². The highest BCUT2D eigenvalue weighted by molar-refractivity contribution is 7.89. The Kier molecular flexibility index (Phi) is 7.44. The van der Waals surface area contributed by atoms with Gasteiger partial charge >= 0.3 is 0 Å². The van der Waals surface area contributed by atoms with Gasteiger partial charge in [0, 0.05) is 11.1 Å². The molecule has 0 radical (unpaired) electrons. The number of hydrogen-bond donors (Lipinski definition) is 1. The van der Waals surface area contributed by atoms with Gasteiger partial charge in [0.2, 0.25) is 10.0 Å². The van der Waals surface area contributed by atoms with Crippen molar-refractivity contribution in [3.63, 3.8) is 0 Å². The fraction of sp³-hybridized carbons (Fsp3) is 0.222. The highest BCUT2D eigenvalue weighted by atomic mass is 32.2. The summed E-state index contributed by atoms with van der Waals surface area (Å²) in [5.74, 6) is -0.191. The molecular weight excluding hydrogens is 418 g/mol. The molecule has 3 rings (SSSR count). The first-order valence-corrected chi connectivity index (χ1v) is 12.2. The van der Waals surface area contributed by atoms with Gasteiger partial charge in [0.1, 0.15) is 0 Å². The zero-order chi connectivity index (χ0) is 23.3. The summed E-state index contributed by atoms with van der Waals surface area (Å²) in [6.07, 6.45) is 2.41. The van der Waals surface area contributed by atoms with Crippen LogP contribution in [-0.2, 0) is 10.0 Å². The molecule has 5 heteroatoms. The van der Waals surface area contributed by atoms with Crippen molar-refractivity contribution in [1.29, 1.82) is 0 Å². The molecule has 3 aromatic carbocycles. The van der Waals surface area contributed by atoms with Gasteiger partial charge < -0.3 is 0 Å². The van der Waals surface area contributed by atoms with Crippen LogP contribution in [-0.4, -0.2) is 14.2 Å². The smallest absolute Gasteiger partial charge is 0.241 e. The SMILES string of the molecule is CC/C=C(\C(=O)c1ccc(C)cc1)C(NS(=O)(=O)c1ccc(C)cc1)c1ccc(C)cc1. The number of ketones is 1. The molecule has 0 aliphatic heterocycles. The van der Waals surface area contributed by atoms with Crippen LogP contribution >= 0.6 is 0 Å². The molecule has 0 saturated heterocycles. The molecule has 0 aromatic heterocycles. The van der Waals surface area contributed by atoms with Crippen LogP contribution in [0.1, 0.15) is 52.0 Å². The van der Waals surface area contributed by atoms with Crippen LogP contribution in [0.4, 0.5) is 0 Å². The van der Waals surface area contributed by atoms with Gasteiger partial charge in [0.05, 0.1) is 10.9 Å². The Labute approximate surface area is 191 Å². The summed E-state index contributed by atoms with van der Waals surface area (Å²) in [6, 6.07) is 20.8. The van der Waals surface area contributed by atoms with E-state index in [4.69, 9.17) is 0 Å². The average Bonchev–Trinajstić information content (AvgIpc) is 2.77. The lowest BCUT2D eigenvalue weighted by Crippen LogP contribution is -2.32. The molecule has 1 unspecified atom stereocenters. The van der Waals surface area contributed by atoms with Crippen molar-refractivity contribution in [2.24, 2.45) is 0 Å². The summed E-state index contributed by atoms with van der Waals surface area (Å²) >= 11 is 0. The minimum atomic E-state index is -3.86. The van der Waals surface area contributed by atoms with Gasteiger partial charge in [0.15, 0.2) is 5.78 Å². The maximum absolute atomic E-state index is 13.5. The van der Waals surface area contributed by atoms with Crippen LogP contribution in [0, 0.1) is 20.8 Å². The standard InChI is InChI=1S/C27H29NO3S/c1-5-6-25(27(29)23-15-9-20(3)10-16-23)26(22-13-7-19(2)8-14-22)28-32(30,31)24-17-11-21(4)12-18-24/h6-18,26,28H,5H2,1-4H3/b25-6-. The van der Waals surface area contributed by atoms with E-state index in [-0.39, 0.29) is 10.7 Å². The highest BCUT2D eigenvalue weighted by Crippen LogP contribution is 2.28. The molecular formula is C27H29NO3S. The Balaban J connectivity index is 2.08. The quantitative estimate of drug-likeness (QED) is 0.348. The lowest BCUT2D eigenvalue weighted by Gasteiger charge is -2.22. The van der Waals surface area contributed by atoms with Crippen molar-refractivity contribution in [2.45, 2.75) is 45.1 Å². The molecule has 1 atom stereocenters. The van der Waals surface area contributed by atoms with Crippen molar-refractivity contribution < 1.29 is 13.2 Å². The molecule has 0 saturated carbocycles. The summed E-state index contributed by atoms with van der Waals surface area (Å²) in [6.45, 7) is 7.77. The largest absolute Gasteiger partial charge is 0.289 e. The molecule has 4 nitrogen and oxygen atoms in total. The minimum absolute atomic E-state index is 0.166. The molecule has 0 bridgehead atoms. The number of Topliss-reactive ketones (excluding diaryl/α,β-unsaturated/α-hetero) is 1. The van der Waals surface area contributed by atoms with Gasteiger partial charge in [-0.25, -0.2) is 8.42 Å². The first kappa shape index (κ1) is 23.6. The van der Waals surface area contributed by atoms with Gasteiger partial charge in [0.25, 0.3) is 0 Å². The van der Waals surface area contributed by atoms with Gasteiger partial charge in [-0.05, 0) is 44.9 Å². The molecule has 0 fully saturated rings. The van der Waals surface area contributed by atoms with E-state index in [2.05, 4.69) is 4.72 Å². The number of carbonyl (C=O) groups excluding carboxylic acids is 1. The molecule has 0 aliphatic carbocycles. The monoisotopic (exact) mass is 447 g/mol. The van der Waals surface area contributed by atoms with E-state index in [0.717, 1.165) is 16.7 Å². The van der Waals surface area contributed by atoms with Crippen LogP contribution in [0.2, 0.25) is 0 Å². The Morgan fingerprint density at radius 2 is 1.28 bits per heavy atom. The maximum atomic E-state index is 13.5. The summed E-state index contributed by atoms with van der Waals surface area (Å²) in [7, 11) is -3.86. The van der Waals surface area contributed by atoms with E-state index in [1.807, 2.05) is 70.2 Å². The first-order chi connectivity index (χ1) is 15.2. The van der Waals surface area contributed by atoms with Crippen LogP contribution in [0.15, 0.2) is 89.3 Å². The van der Waals surface area contributed by atoms with E-state index >= 15 is 0 Å². The Bertz CT molecular complexity index is 1210. The Morgan fingerprint density at radius 3 is 1.78 bits per heavy atom. The fourth-order valence-electron chi connectivity index (χ4n) is 3.44. The van der Waals surface area contributed by atoms with E-state index in [1.54, 1.807) is 36.4 Å². The third kappa shape index (κ3) is 5.61. The number of aryl methyl sites for hydroxylation is 3. The lowest BCUT2D eigenvalue weighted by molar-refractivity contribution is 0.102. The zero-order valence-electron chi connectivity index (χ0n) is 18.9. The molecule has 3 aromatic rings. The number of nitrogens with one attached hydrogen (secondary N) is 1. The maximum Gasteiger partial charge on any atom is 0.241 e. The van der Waals surface area contributed by atoms with Crippen LogP contribution in [0.5, 0.6) is 0 Å². The van der Waals surface area contributed by atoms with E-state index in [0.29, 0.717) is 23.1 Å². The molecule has 166 valence electrons. The van der Waals surface area contributed by atoms with E-state index in [1.165, 1.54) is 0 Å². The van der Waals surface area contributed by atoms with Gasteiger partial charge in [-0.3, -0.25) is 4.79 Å². The first-order valence-electron chi connectivity index (χ1n) is 10.7. The highest BCUT2D eigenvalue weighted by Gasteiger charge is 2.28. The van der Waals surface area contributed by atoms with Crippen LogP contribution < -0.4 is 4.72 Å². The fourth-order valence-corrected chi connectivity index (χ4v) is 4.65. The van der Waals surface area contributed by atoms with E-state index in [9.17, 15) is 13.2 Å². The van der Waals surface area contributed by atoms with Crippen LogP contribution in [0.3, 0.4) is 0 Å². The number of benzene rings is 3. The van der Waals surface area contributed by atoms with Crippen LogP contribution in [0.25, 0.3) is 0 Å². The second kappa shape index (κ2) is 10.1. The summed E-state index contributed by atoms with van der Waals surface area (Å²) in [4.78, 5) is 13.7. The third-order valence-electron chi connectivity index (χ3n) is 5.33. The van der Waals surface area contributed by atoms with Gasteiger partial charge in [-0.1, -0.05) is 90.4 Å². The van der Waals surface area contributed by atoms with Crippen molar-refractivity contribution in [3.8, 4) is 0 Å². The van der Waals surface area contributed by atoms with Crippen molar-refractivity contribution in [3.05, 3.63) is 112 Å². The van der Waals surface area contributed by atoms with Gasteiger partial charge in [-0.15, -0.1) is 0 Å². The summed E-state index contributed by atoms with van der Waals surface area (Å²) in [5, 5.41) is 0. The summed E-state index contributed by atoms with van der Waals surface area (Å²) < 4.78 is 29.3. The van der Waals surface area contributed by atoms with Crippen molar-refractivity contribution in [1.82, 2.24) is 4.72 Å². The minimum Gasteiger partial charge on any atom is -0.289 e. The number of allylic oxidation sites excluding steroid dienone is 1. The number of rotatable bonds is 8. The molecule has 32 heavy (non-hydrogen) atoms. The number of carbonyl (C=O) groups is 1. The van der Waals surface area contributed by atoms with E-state index < -0.39 is 16.1 Å². The lowest BCUT2D eigenvalue weighted by atomic mass is 9.91. The molecule has 0 amide bonds. The average molecular weight is 448 g/mol. The third-order valence-corrected chi connectivity index (χ3v) is 6.76. The zero-order valence-corrected chi connectivity index (χ0v) is 19.7. The Hall–Kier alpha value is -3.02. The summed E-state index contributed by atoms with van der Waals surface area (Å²) in [5.41, 5.74) is 4.74. The Morgan fingerprint density at radius 1 is 0.812 bits per heavy atom. The molecule has 0 aliphatic rings. The predicted octanol–water partition coefficient (Wildman–Crippen LogP) is 5.85. The molecule has 0 heterocycles. The second-order valence-corrected chi connectivity index (χ2v) is 9.75. The predicted molar refractivity (Wildman–Crippen MR) is 129 cm³/mol. The number of hydrogen-bond acceptors (Lipinski definition) is 3. The normalized spacial score (nSPS) is 13.1. The van der Waals surface area contributed by atoms with Crippen molar-refractivity contribution in [2.75, 3.05) is 0 Å². The topological polar surface area (TPSA) is 63.2 Å². The second-order valence-electron chi connectivity index (χ2n) is 8.04. The number of sulfonamides is 1. The molecule has 0 spiro atoms. The van der Waals surface area contributed by atoms with Crippen molar-refractivity contribution >= 4 is 15.8 Å².